The van der Waals surface area contributed by atoms with Gasteiger partial charge in [0.1, 0.15) is 0 Å². The van der Waals surface area contributed by atoms with Gasteiger partial charge in [0, 0.05) is 18.9 Å². The first kappa shape index (κ1) is 17.3. The number of H-pyrrole nitrogens is 1. The lowest BCUT2D eigenvalue weighted by atomic mass is 9.86. The van der Waals surface area contributed by atoms with E-state index in [2.05, 4.69) is 89.8 Å². The average Bonchev–Trinajstić information content (AvgIpc) is 3.10. The third-order valence-corrected chi connectivity index (χ3v) is 4.83. The van der Waals surface area contributed by atoms with E-state index in [0.29, 0.717) is 6.54 Å². The molecule has 4 aromatic rings. The zero-order valence-corrected chi connectivity index (χ0v) is 16.0. The molecule has 0 saturated heterocycles. The molecule has 0 aliphatic heterocycles. The van der Waals surface area contributed by atoms with Crippen molar-refractivity contribution in [1.82, 2.24) is 15.2 Å². The largest absolute Gasteiger partial charge is 0.364 e. The van der Waals surface area contributed by atoms with Crippen LogP contribution >= 0.6 is 0 Å². The fourth-order valence-corrected chi connectivity index (χ4v) is 3.28. The van der Waals surface area contributed by atoms with E-state index in [-0.39, 0.29) is 5.41 Å². The molecule has 0 amide bonds. The van der Waals surface area contributed by atoms with Gasteiger partial charge < -0.3 is 5.32 Å². The Morgan fingerprint density at radius 1 is 0.963 bits per heavy atom. The molecule has 2 aromatic heterocycles. The predicted molar refractivity (Wildman–Crippen MR) is 112 cm³/mol. The highest BCUT2D eigenvalue weighted by atomic mass is 15.2. The Labute approximate surface area is 159 Å². The average molecular weight is 356 g/mol. The lowest BCUT2D eigenvalue weighted by Crippen LogP contribution is -2.10. The minimum Gasteiger partial charge on any atom is -0.364 e. The Bertz CT molecular complexity index is 1040. The van der Waals surface area contributed by atoms with Gasteiger partial charge in [-0.1, -0.05) is 63.2 Å². The van der Waals surface area contributed by atoms with Crippen LogP contribution in [-0.2, 0) is 12.0 Å². The topological polar surface area (TPSA) is 53.6 Å². The van der Waals surface area contributed by atoms with Gasteiger partial charge in [-0.3, -0.25) is 10.1 Å². The maximum absolute atomic E-state index is 4.50. The minimum absolute atomic E-state index is 0.149. The van der Waals surface area contributed by atoms with E-state index < -0.39 is 0 Å². The van der Waals surface area contributed by atoms with Crippen molar-refractivity contribution in [3.8, 4) is 11.1 Å². The van der Waals surface area contributed by atoms with E-state index in [1.807, 2.05) is 12.3 Å². The molecule has 4 heteroatoms. The second-order valence-electron chi connectivity index (χ2n) is 7.84. The van der Waals surface area contributed by atoms with Crippen molar-refractivity contribution in [2.45, 2.75) is 32.7 Å². The summed E-state index contributed by atoms with van der Waals surface area (Å²) in [4.78, 5) is 4.17. The van der Waals surface area contributed by atoms with Crippen LogP contribution in [0.1, 0.15) is 31.9 Å². The molecular formula is C23H24N4. The van der Waals surface area contributed by atoms with Gasteiger partial charge in [0.15, 0.2) is 5.82 Å². The molecule has 0 unspecified atom stereocenters. The molecule has 2 heterocycles. The van der Waals surface area contributed by atoms with Crippen LogP contribution in [0.15, 0.2) is 67.0 Å². The summed E-state index contributed by atoms with van der Waals surface area (Å²) < 4.78 is 0. The van der Waals surface area contributed by atoms with Gasteiger partial charge in [0.2, 0.25) is 0 Å². The molecule has 2 N–H and O–H groups in total. The third-order valence-electron chi connectivity index (χ3n) is 4.83. The number of nitrogens with zero attached hydrogens (tertiary/aromatic N) is 2. The number of hydrogen-bond donors (Lipinski definition) is 2. The van der Waals surface area contributed by atoms with Gasteiger partial charge in [-0.05, 0) is 39.8 Å². The predicted octanol–water partition coefficient (Wildman–Crippen LogP) is 5.53. The zero-order chi connectivity index (χ0) is 18.9. The molecule has 4 rings (SSSR count). The Morgan fingerprint density at radius 3 is 2.48 bits per heavy atom. The van der Waals surface area contributed by atoms with Gasteiger partial charge in [-0.25, -0.2) is 0 Å². The molecule has 0 fully saturated rings. The van der Waals surface area contributed by atoms with Crippen molar-refractivity contribution >= 4 is 16.7 Å². The zero-order valence-electron chi connectivity index (χ0n) is 16.0. The summed E-state index contributed by atoms with van der Waals surface area (Å²) in [6.07, 6.45) is 3.65. The van der Waals surface area contributed by atoms with Crippen molar-refractivity contribution in [2.75, 3.05) is 5.32 Å². The number of aromatic amines is 1. The fraction of sp³-hybridized carbons (Fsp3) is 0.217. The number of aromatic nitrogens is 3. The lowest BCUT2D eigenvalue weighted by molar-refractivity contribution is 0.590. The second kappa shape index (κ2) is 6.88. The Balaban J connectivity index is 1.70. The number of fused-ring (bicyclic) bond motifs is 1. The molecule has 4 nitrogen and oxygen atoms in total. The highest BCUT2D eigenvalue weighted by molar-refractivity contribution is 6.02. The fourth-order valence-electron chi connectivity index (χ4n) is 3.28. The molecule has 0 aliphatic rings. The summed E-state index contributed by atoms with van der Waals surface area (Å²) in [6.45, 7) is 7.39. The van der Waals surface area contributed by atoms with Crippen LogP contribution in [0.5, 0.6) is 0 Å². The van der Waals surface area contributed by atoms with E-state index in [9.17, 15) is 0 Å². The highest BCUT2D eigenvalue weighted by Gasteiger charge is 2.15. The molecule has 0 aliphatic carbocycles. The smallest absolute Gasteiger partial charge is 0.156 e. The Morgan fingerprint density at radius 2 is 1.78 bits per heavy atom. The number of hydrogen-bond acceptors (Lipinski definition) is 3. The first-order valence-electron chi connectivity index (χ1n) is 9.23. The van der Waals surface area contributed by atoms with Crippen LogP contribution < -0.4 is 5.32 Å². The van der Waals surface area contributed by atoms with E-state index in [0.717, 1.165) is 22.3 Å². The SMILES string of the molecule is CC(C)(C)c1ccc(-c2cccc3[nH]nc(NCc4cccnc4)c23)cc1. The van der Waals surface area contributed by atoms with Crippen molar-refractivity contribution in [3.05, 3.63) is 78.1 Å². The summed E-state index contributed by atoms with van der Waals surface area (Å²) in [5.74, 6) is 0.865. The van der Waals surface area contributed by atoms with Crippen LogP contribution in [0.3, 0.4) is 0 Å². The number of pyridine rings is 1. The van der Waals surface area contributed by atoms with Gasteiger partial charge >= 0.3 is 0 Å². The monoisotopic (exact) mass is 356 g/mol. The summed E-state index contributed by atoms with van der Waals surface area (Å²) >= 11 is 0. The number of anilines is 1. The standard InChI is InChI=1S/C23H24N4/c1-23(2,3)18-11-9-17(10-12-18)19-7-4-8-20-21(19)22(27-26-20)25-15-16-6-5-13-24-14-16/h4-14H,15H2,1-3H3,(H2,25,26,27). The molecule has 0 radical (unpaired) electrons. The highest BCUT2D eigenvalue weighted by Crippen LogP contribution is 2.34. The number of rotatable bonds is 4. The van der Waals surface area contributed by atoms with E-state index in [1.54, 1.807) is 6.20 Å². The first-order chi connectivity index (χ1) is 13.0. The molecule has 27 heavy (non-hydrogen) atoms. The summed E-state index contributed by atoms with van der Waals surface area (Å²) in [5, 5.41) is 12.2. The molecule has 0 saturated carbocycles. The molecule has 2 aromatic carbocycles. The van der Waals surface area contributed by atoms with Gasteiger partial charge in [0.25, 0.3) is 0 Å². The van der Waals surface area contributed by atoms with Gasteiger partial charge in [-0.15, -0.1) is 0 Å². The lowest BCUT2D eigenvalue weighted by Gasteiger charge is -2.19. The summed E-state index contributed by atoms with van der Waals surface area (Å²) in [6, 6.07) is 19.1. The molecule has 0 bridgehead atoms. The molecule has 136 valence electrons. The molecule has 0 atom stereocenters. The number of nitrogens with one attached hydrogen (secondary N) is 2. The van der Waals surface area contributed by atoms with E-state index >= 15 is 0 Å². The normalized spacial score (nSPS) is 11.7. The molecule has 0 spiro atoms. The second-order valence-corrected chi connectivity index (χ2v) is 7.84. The molecular weight excluding hydrogens is 332 g/mol. The van der Waals surface area contributed by atoms with Gasteiger partial charge in [0.05, 0.1) is 10.9 Å². The minimum atomic E-state index is 0.149. The summed E-state index contributed by atoms with van der Waals surface area (Å²) in [7, 11) is 0. The van der Waals surface area contributed by atoms with Crippen molar-refractivity contribution in [1.29, 1.82) is 0 Å². The quantitative estimate of drug-likeness (QED) is 0.505. The Kier molecular flexibility index (Phi) is 4.40. The Hall–Kier alpha value is -3.14. The maximum atomic E-state index is 4.50. The van der Waals surface area contributed by atoms with Crippen LogP contribution in [-0.4, -0.2) is 15.2 Å². The van der Waals surface area contributed by atoms with E-state index in [4.69, 9.17) is 0 Å². The van der Waals surface area contributed by atoms with Gasteiger partial charge in [-0.2, -0.15) is 5.10 Å². The summed E-state index contributed by atoms with van der Waals surface area (Å²) in [5.41, 5.74) is 6.01. The number of benzene rings is 2. The van der Waals surface area contributed by atoms with E-state index in [1.165, 1.54) is 16.7 Å². The van der Waals surface area contributed by atoms with Crippen LogP contribution in [0.2, 0.25) is 0 Å². The van der Waals surface area contributed by atoms with Crippen LogP contribution in [0.4, 0.5) is 5.82 Å². The van der Waals surface area contributed by atoms with Crippen LogP contribution in [0.25, 0.3) is 22.0 Å². The van der Waals surface area contributed by atoms with Crippen molar-refractivity contribution < 1.29 is 0 Å². The maximum Gasteiger partial charge on any atom is 0.156 e. The van der Waals surface area contributed by atoms with Crippen molar-refractivity contribution in [3.63, 3.8) is 0 Å². The first-order valence-corrected chi connectivity index (χ1v) is 9.23. The van der Waals surface area contributed by atoms with Crippen LogP contribution in [0, 0.1) is 0 Å². The third kappa shape index (κ3) is 3.56. The van der Waals surface area contributed by atoms with Crippen molar-refractivity contribution in [2.24, 2.45) is 0 Å².